The third kappa shape index (κ3) is 9.32. The Labute approximate surface area is 201 Å². The molecule has 0 aliphatic heterocycles. The molecule has 0 spiro atoms. The first-order chi connectivity index (χ1) is 16.0. The fourth-order valence-corrected chi connectivity index (χ4v) is 4.14. The molecule has 0 saturated heterocycles. The van der Waals surface area contributed by atoms with Crippen molar-refractivity contribution in [3.63, 3.8) is 0 Å². The van der Waals surface area contributed by atoms with Gasteiger partial charge in [-0.25, -0.2) is 4.79 Å². The highest BCUT2D eigenvalue weighted by atomic mass is 32.1. The van der Waals surface area contributed by atoms with Gasteiger partial charge in [-0.1, -0.05) is 29.6 Å². The number of amides is 2. The van der Waals surface area contributed by atoms with E-state index in [1.807, 2.05) is 0 Å². The molecule has 0 fully saturated rings. The second-order valence-corrected chi connectivity index (χ2v) is 9.53. The number of aromatic nitrogens is 4. The van der Waals surface area contributed by atoms with Crippen LogP contribution in [0.3, 0.4) is 0 Å². The van der Waals surface area contributed by atoms with Gasteiger partial charge in [0.2, 0.25) is 22.1 Å². The van der Waals surface area contributed by atoms with Gasteiger partial charge >= 0.3 is 5.97 Å². The van der Waals surface area contributed by atoms with Gasteiger partial charge in [0.05, 0.1) is 18.9 Å². The van der Waals surface area contributed by atoms with E-state index in [-0.39, 0.29) is 16.7 Å². The highest BCUT2D eigenvalue weighted by Gasteiger charge is 2.23. The molecular weight excluding hydrogens is 492 g/mol. The quantitative estimate of drug-likeness (QED) is 0.122. The Balaban J connectivity index is 1.69. The van der Waals surface area contributed by atoms with E-state index in [0.717, 1.165) is 24.2 Å². The second-order valence-electron chi connectivity index (χ2n) is 7.41. The molecule has 0 radical (unpaired) electrons. The van der Waals surface area contributed by atoms with Gasteiger partial charge in [-0.3, -0.25) is 9.59 Å². The van der Waals surface area contributed by atoms with Crippen LogP contribution in [0.4, 0.5) is 10.3 Å². The summed E-state index contributed by atoms with van der Waals surface area (Å²) in [5.41, 5.74) is 0. The zero-order valence-electron chi connectivity index (χ0n) is 18.1. The van der Waals surface area contributed by atoms with Crippen molar-refractivity contribution in [1.82, 2.24) is 20.4 Å². The molecule has 188 valence electrons. The third-order valence-corrected chi connectivity index (χ3v) is 6.39. The number of anilines is 2. The number of aliphatic hydroxyl groups excluding tert-OH is 3. The minimum absolute atomic E-state index is 0.218. The van der Waals surface area contributed by atoms with E-state index in [2.05, 4.69) is 31.0 Å². The van der Waals surface area contributed by atoms with Gasteiger partial charge in [0.15, 0.2) is 12.4 Å². The van der Waals surface area contributed by atoms with Gasteiger partial charge in [-0.15, -0.1) is 20.4 Å². The molecule has 2 amide bonds. The van der Waals surface area contributed by atoms with Gasteiger partial charge < -0.3 is 36.2 Å². The topological polar surface area (TPSA) is 228 Å². The lowest BCUT2D eigenvalue weighted by atomic mass is 10.0. The maximum atomic E-state index is 12.0. The number of hydrogen-bond acceptors (Lipinski definition) is 13. The van der Waals surface area contributed by atoms with Crippen LogP contribution in [0.5, 0.6) is 0 Å². The van der Waals surface area contributed by atoms with E-state index in [1.54, 1.807) is 0 Å². The summed E-state index contributed by atoms with van der Waals surface area (Å²) in [6, 6.07) is 0. The number of hydrogen-bond donors (Lipinski definition) is 7. The number of carboxylic acids is 1. The summed E-state index contributed by atoms with van der Waals surface area (Å²) >= 11 is 2.35. The predicted octanol–water partition coefficient (Wildman–Crippen LogP) is -0.635. The molecule has 0 aliphatic carbocycles. The van der Waals surface area contributed by atoms with Crippen LogP contribution in [-0.2, 0) is 27.2 Å². The Morgan fingerprint density at radius 3 is 1.74 bits per heavy atom. The van der Waals surface area contributed by atoms with Crippen molar-refractivity contribution in [2.75, 3.05) is 10.6 Å². The predicted molar refractivity (Wildman–Crippen MR) is 120 cm³/mol. The fraction of sp³-hybridized carbons (Fsp3) is 0.611. The molecular formula is C18H26N6O8S2. The van der Waals surface area contributed by atoms with Crippen LogP contribution in [0, 0.1) is 5.92 Å². The Morgan fingerprint density at radius 1 is 0.824 bits per heavy atom. The molecule has 1 unspecified atom stereocenters. The van der Waals surface area contributed by atoms with E-state index in [4.69, 9.17) is 15.3 Å². The number of unbranched alkanes of at least 4 members (excludes halogenated alkanes) is 1. The van der Waals surface area contributed by atoms with E-state index in [9.17, 15) is 24.6 Å². The molecule has 2 heterocycles. The fourth-order valence-electron chi connectivity index (χ4n) is 2.54. The zero-order valence-corrected chi connectivity index (χ0v) is 19.8. The van der Waals surface area contributed by atoms with Crippen molar-refractivity contribution in [2.24, 2.45) is 5.92 Å². The number of nitrogens with zero attached hydrogens (tertiary/aromatic N) is 4. The third-order valence-electron chi connectivity index (χ3n) is 4.59. The number of rotatable bonds is 14. The summed E-state index contributed by atoms with van der Waals surface area (Å²) in [4.78, 5) is 34.2. The van der Waals surface area contributed by atoms with Crippen LogP contribution < -0.4 is 10.6 Å². The molecule has 7 N–H and O–H groups in total. The van der Waals surface area contributed by atoms with Crippen LogP contribution in [0.2, 0.25) is 0 Å². The average molecular weight is 519 g/mol. The Hall–Kier alpha value is -2.63. The van der Waals surface area contributed by atoms with Crippen molar-refractivity contribution in [2.45, 2.75) is 63.9 Å². The van der Waals surface area contributed by atoms with Crippen LogP contribution >= 0.6 is 22.7 Å². The van der Waals surface area contributed by atoms with Crippen molar-refractivity contribution >= 4 is 50.7 Å². The number of aliphatic carboxylic acids is 1. The smallest absolute Gasteiger partial charge is 0.333 e. The number of aryl methyl sites for hydroxylation is 2. The summed E-state index contributed by atoms with van der Waals surface area (Å²) in [7, 11) is 0. The SMILES string of the molecule is CC(C(O)O)[C@H](O)CC(=O)Nc1nnc(CCCCc2nnc(NC(=O)C[C@@H](O)C(=O)O)s2)s1. The highest BCUT2D eigenvalue weighted by Crippen LogP contribution is 2.21. The highest BCUT2D eigenvalue weighted by molar-refractivity contribution is 7.15. The Kier molecular flexibility index (Phi) is 10.8. The first-order valence-electron chi connectivity index (χ1n) is 10.2. The summed E-state index contributed by atoms with van der Waals surface area (Å²) in [5, 5.41) is 68.2. The molecule has 34 heavy (non-hydrogen) atoms. The van der Waals surface area contributed by atoms with E-state index >= 15 is 0 Å². The Morgan fingerprint density at radius 2 is 1.29 bits per heavy atom. The molecule has 0 aromatic carbocycles. The summed E-state index contributed by atoms with van der Waals surface area (Å²) < 4.78 is 0. The van der Waals surface area contributed by atoms with E-state index in [1.165, 1.54) is 18.3 Å². The number of carbonyl (C=O) groups is 3. The molecule has 14 nitrogen and oxygen atoms in total. The van der Waals surface area contributed by atoms with Gasteiger partial charge in [-0.05, 0) is 12.8 Å². The lowest BCUT2D eigenvalue weighted by Gasteiger charge is -2.19. The molecule has 0 bridgehead atoms. The summed E-state index contributed by atoms with van der Waals surface area (Å²) in [6.45, 7) is 1.41. The van der Waals surface area contributed by atoms with Gasteiger partial charge in [0.1, 0.15) is 10.0 Å². The number of carbonyl (C=O) groups excluding carboxylic acids is 2. The minimum atomic E-state index is -1.78. The molecule has 16 heteroatoms. The molecule has 2 aromatic rings. The molecule has 2 aromatic heterocycles. The van der Waals surface area contributed by atoms with Crippen LogP contribution in [-0.4, -0.2) is 82.2 Å². The van der Waals surface area contributed by atoms with Crippen molar-refractivity contribution in [1.29, 1.82) is 0 Å². The minimum Gasteiger partial charge on any atom is -0.479 e. The lowest BCUT2D eigenvalue weighted by molar-refractivity contribution is -0.148. The molecule has 0 saturated carbocycles. The van der Waals surface area contributed by atoms with E-state index in [0.29, 0.717) is 22.9 Å². The summed E-state index contributed by atoms with van der Waals surface area (Å²) in [5.74, 6) is -3.54. The Bertz CT molecular complexity index is 968. The maximum Gasteiger partial charge on any atom is 0.333 e. The average Bonchev–Trinajstić information content (AvgIpc) is 3.39. The standard InChI is InChI=1S/C18H26N6O8S2/c1-8(15(29)30)9(25)6-11(27)19-17-23-21-13(33-17)4-2-3-5-14-22-24-18(34-14)20-12(28)7-10(26)16(31)32/h8-10,15,25-26,29-30H,2-7H2,1H3,(H,31,32)(H,19,23,27)(H,20,24,28)/t8?,9-,10-/m1/s1. The maximum absolute atomic E-state index is 12.0. The number of carboxylic acid groups (broad SMARTS) is 1. The number of nitrogens with one attached hydrogen (secondary N) is 2. The van der Waals surface area contributed by atoms with Gasteiger partial charge in [-0.2, -0.15) is 0 Å². The largest absolute Gasteiger partial charge is 0.479 e. The summed E-state index contributed by atoms with van der Waals surface area (Å²) in [6.07, 6.45) is -2.90. The van der Waals surface area contributed by atoms with Crippen LogP contribution in [0.15, 0.2) is 0 Å². The van der Waals surface area contributed by atoms with Crippen molar-refractivity contribution < 1.29 is 39.9 Å². The molecule has 2 rings (SSSR count). The van der Waals surface area contributed by atoms with E-state index < -0.39 is 48.6 Å². The van der Waals surface area contributed by atoms with Crippen LogP contribution in [0.1, 0.15) is 42.6 Å². The molecule has 0 aliphatic rings. The first-order valence-corrected chi connectivity index (χ1v) is 11.9. The second kappa shape index (κ2) is 13.3. The lowest BCUT2D eigenvalue weighted by Crippen LogP contribution is -2.32. The molecule has 3 atom stereocenters. The van der Waals surface area contributed by atoms with Gasteiger partial charge in [0.25, 0.3) is 0 Å². The van der Waals surface area contributed by atoms with Crippen molar-refractivity contribution in [3.8, 4) is 0 Å². The van der Waals surface area contributed by atoms with Crippen LogP contribution in [0.25, 0.3) is 0 Å². The zero-order chi connectivity index (χ0) is 25.3. The van der Waals surface area contributed by atoms with Gasteiger partial charge in [0, 0.05) is 18.8 Å². The first kappa shape index (κ1) is 27.6. The van der Waals surface area contributed by atoms with Crippen molar-refractivity contribution in [3.05, 3.63) is 10.0 Å². The normalized spacial score (nSPS) is 13.9. The number of aliphatic hydroxyl groups is 4. The monoisotopic (exact) mass is 518 g/mol.